The molecule has 2 nitrogen and oxygen atoms in total. The summed E-state index contributed by atoms with van der Waals surface area (Å²) in [5.74, 6) is -1.07. The number of hydrogen-bond acceptors (Lipinski definition) is 2. The van der Waals surface area contributed by atoms with Crippen molar-refractivity contribution in [2.75, 3.05) is 20.1 Å². The normalized spacial score (nSPS) is 35.7. The summed E-state index contributed by atoms with van der Waals surface area (Å²) in [7, 11) is 2.11. The number of alkyl halides is 3. The van der Waals surface area contributed by atoms with Gasteiger partial charge in [0.2, 0.25) is 0 Å². The minimum absolute atomic E-state index is 0.292. The summed E-state index contributed by atoms with van der Waals surface area (Å²) in [5.41, 5.74) is 0. The van der Waals surface area contributed by atoms with E-state index in [9.17, 15) is 13.2 Å². The van der Waals surface area contributed by atoms with Gasteiger partial charge in [-0.05, 0) is 52.1 Å². The molecule has 106 valence electrons. The summed E-state index contributed by atoms with van der Waals surface area (Å²) < 4.78 is 37.7. The van der Waals surface area contributed by atoms with Crippen LogP contribution in [0.5, 0.6) is 0 Å². The van der Waals surface area contributed by atoms with E-state index in [1.807, 2.05) is 0 Å². The molecular formula is C13H23F3N2. The number of likely N-dealkylation sites (N-methyl/N-ethyl adjacent to an activating group) is 1. The third-order valence-electron chi connectivity index (χ3n) is 4.29. The van der Waals surface area contributed by atoms with Gasteiger partial charge in [-0.25, -0.2) is 0 Å². The van der Waals surface area contributed by atoms with E-state index in [2.05, 4.69) is 17.3 Å². The highest BCUT2D eigenvalue weighted by atomic mass is 19.4. The first kappa shape index (κ1) is 14.1. The van der Waals surface area contributed by atoms with Gasteiger partial charge in [0.25, 0.3) is 0 Å². The summed E-state index contributed by atoms with van der Waals surface area (Å²) in [6, 6.07) is 0.760. The van der Waals surface area contributed by atoms with Crippen LogP contribution in [0.4, 0.5) is 13.2 Å². The second kappa shape index (κ2) is 5.78. The van der Waals surface area contributed by atoms with Crippen LogP contribution in [0.15, 0.2) is 0 Å². The van der Waals surface area contributed by atoms with Crippen LogP contribution in [0, 0.1) is 5.92 Å². The van der Waals surface area contributed by atoms with Crippen molar-refractivity contribution >= 4 is 0 Å². The second-order valence-corrected chi connectivity index (χ2v) is 5.86. The van der Waals surface area contributed by atoms with Gasteiger partial charge in [-0.15, -0.1) is 0 Å². The van der Waals surface area contributed by atoms with E-state index >= 15 is 0 Å². The molecule has 1 atom stereocenters. The fourth-order valence-corrected chi connectivity index (χ4v) is 3.22. The lowest BCUT2D eigenvalue weighted by atomic mass is 9.85. The molecule has 2 rings (SSSR count). The molecule has 1 aliphatic heterocycles. The first-order valence-corrected chi connectivity index (χ1v) is 6.96. The number of piperidine rings is 1. The molecule has 0 aromatic rings. The molecule has 1 N–H and O–H groups in total. The fraction of sp³-hybridized carbons (Fsp3) is 1.00. The topological polar surface area (TPSA) is 15.3 Å². The molecule has 1 saturated carbocycles. The van der Waals surface area contributed by atoms with E-state index in [0.29, 0.717) is 37.8 Å². The Hall–Kier alpha value is -0.290. The molecule has 0 aromatic carbocycles. The third-order valence-corrected chi connectivity index (χ3v) is 4.29. The standard InChI is InChI=1S/C13H23F3N2/c1-18-8-2-3-12(9-18)17-11-6-4-10(5-7-11)13(14,15)16/h10-12,17H,2-9H2,1H3. The summed E-state index contributed by atoms with van der Waals surface area (Å²) in [5, 5.41) is 3.55. The zero-order chi connectivity index (χ0) is 13.2. The van der Waals surface area contributed by atoms with E-state index in [0.717, 1.165) is 19.5 Å². The number of nitrogens with zero attached hydrogens (tertiary/aromatic N) is 1. The molecule has 2 fully saturated rings. The van der Waals surface area contributed by atoms with Gasteiger partial charge in [-0.1, -0.05) is 0 Å². The lowest BCUT2D eigenvalue weighted by molar-refractivity contribution is -0.182. The Morgan fingerprint density at radius 2 is 1.67 bits per heavy atom. The maximum Gasteiger partial charge on any atom is 0.391 e. The molecule has 5 heteroatoms. The maximum atomic E-state index is 12.6. The van der Waals surface area contributed by atoms with Crippen LogP contribution in [0.25, 0.3) is 0 Å². The Kier molecular flexibility index (Phi) is 4.54. The summed E-state index contributed by atoms with van der Waals surface area (Å²) in [6.45, 7) is 2.16. The molecule has 1 saturated heterocycles. The number of likely N-dealkylation sites (tertiary alicyclic amines) is 1. The zero-order valence-electron chi connectivity index (χ0n) is 11.0. The highest BCUT2D eigenvalue weighted by Crippen LogP contribution is 2.37. The average Bonchev–Trinajstić information content (AvgIpc) is 2.28. The molecule has 18 heavy (non-hydrogen) atoms. The highest BCUT2D eigenvalue weighted by molar-refractivity contribution is 4.85. The number of hydrogen-bond donors (Lipinski definition) is 1. The van der Waals surface area contributed by atoms with Gasteiger partial charge in [0.15, 0.2) is 0 Å². The van der Waals surface area contributed by atoms with Gasteiger partial charge in [-0.3, -0.25) is 0 Å². The molecular weight excluding hydrogens is 241 g/mol. The summed E-state index contributed by atoms with van der Waals surface area (Å²) in [6.07, 6.45) is 0.286. The predicted octanol–water partition coefficient (Wildman–Crippen LogP) is 2.79. The average molecular weight is 264 g/mol. The molecule has 0 amide bonds. The molecule has 1 aliphatic carbocycles. The first-order chi connectivity index (χ1) is 8.45. The van der Waals surface area contributed by atoms with Crippen LogP contribution in [-0.2, 0) is 0 Å². The van der Waals surface area contributed by atoms with E-state index in [4.69, 9.17) is 0 Å². The zero-order valence-corrected chi connectivity index (χ0v) is 11.0. The van der Waals surface area contributed by atoms with Crippen LogP contribution < -0.4 is 5.32 Å². The monoisotopic (exact) mass is 264 g/mol. The molecule has 1 heterocycles. The van der Waals surface area contributed by atoms with Crippen molar-refractivity contribution < 1.29 is 13.2 Å². The second-order valence-electron chi connectivity index (χ2n) is 5.86. The number of halogens is 3. The Balaban J connectivity index is 1.73. The lowest BCUT2D eigenvalue weighted by Crippen LogP contribution is -2.49. The quantitative estimate of drug-likeness (QED) is 0.825. The summed E-state index contributed by atoms with van der Waals surface area (Å²) >= 11 is 0. The van der Waals surface area contributed by atoms with Crippen LogP contribution in [0.3, 0.4) is 0 Å². The van der Waals surface area contributed by atoms with Crippen molar-refractivity contribution in [3.8, 4) is 0 Å². The molecule has 0 radical (unpaired) electrons. The van der Waals surface area contributed by atoms with Crippen molar-refractivity contribution in [3.63, 3.8) is 0 Å². The molecule has 1 unspecified atom stereocenters. The van der Waals surface area contributed by atoms with E-state index in [1.54, 1.807) is 0 Å². The van der Waals surface area contributed by atoms with E-state index in [-0.39, 0.29) is 0 Å². The Labute approximate surface area is 107 Å². The summed E-state index contributed by atoms with van der Waals surface area (Å²) in [4.78, 5) is 2.29. The van der Waals surface area contributed by atoms with Gasteiger partial charge in [0.1, 0.15) is 0 Å². The SMILES string of the molecule is CN1CCCC(NC2CCC(C(F)(F)F)CC2)C1. The van der Waals surface area contributed by atoms with Crippen molar-refractivity contribution in [1.82, 2.24) is 10.2 Å². The van der Waals surface area contributed by atoms with Crippen LogP contribution in [0.1, 0.15) is 38.5 Å². The smallest absolute Gasteiger partial charge is 0.310 e. The Bertz CT molecular complexity index is 259. The van der Waals surface area contributed by atoms with Crippen molar-refractivity contribution in [3.05, 3.63) is 0 Å². The van der Waals surface area contributed by atoms with Gasteiger partial charge >= 0.3 is 6.18 Å². The maximum absolute atomic E-state index is 12.6. The van der Waals surface area contributed by atoms with Crippen molar-refractivity contribution in [1.29, 1.82) is 0 Å². The van der Waals surface area contributed by atoms with Gasteiger partial charge < -0.3 is 10.2 Å². The fourth-order valence-electron chi connectivity index (χ4n) is 3.22. The van der Waals surface area contributed by atoms with E-state index < -0.39 is 12.1 Å². The molecule has 0 bridgehead atoms. The van der Waals surface area contributed by atoms with E-state index in [1.165, 1.54) is 6.42 Å². The predicted molar refractivity (Wildman–Crippen MR) is 65.5 cm³/mol. The first-order valence-electron chi connectivity index (χ1n) is 6.96. The lowest BCUT2D eigenvalue weighted by Gasteiger charge is -2.36. The molecule has 0 spiro atoms. The van der Waals surface area contributed by atoms with Crippen LogP contribution >= 0.6 is 0 Å². The minimum Gasteiger partial charge on any atom is -0.310 e. The van der Waals surface area contributed by atoms with Gasteiger partial charge in [0, 0.05) is 18.6 Å². The molecule has 0 aromatic heterocycles. The number of nitrogens with one attached hydrogen (secondary N) is 1. The van der Waals surface area contributed by atoms with Gasteiger partial charge in [0.05, 0.1) is 5.92 Å². The minimum atomic E-state index is -3.99. The van der Waals surface area contributed by atoms with Crippen molar-refractivity contribution in [2.24, 2.45) is 5.92 Å². The number of rotatable bonds is 2. The highest BCUT2D eigenvalue weighted by Gasteiger charge is 2.41. The van der Waals surface area contributed by atoms with Gasteiger partial charge in [-0.2, -0.15) is 13.2 Å². The largest absolute Gasteiger partial charge is 0.391 e. The Morgan fingerprint density at radius 3 is 2.22 bits per heavy atom. The molecule has 2 aliphatic rings. The third kappa shape index (κ3) is 3.85. The van der Waals surface area contributed by atoms with Crippen LogP contribution in [0.2, 0.25) is 0 Å². The van der Waals surface area contributed by atoms with Crippen LogP contribution in [-0.4, -0.2) is 43.3 Å². The van der Waals surface area contributed by atoms with Crippen molar-refractivity contribution in [2.45, 2.75) is 56.8 Å². The Morgan fingerprint density at radius 1 is 1.00 bits per heavy atom.